The SMILES string of the molecule is CCC(N)C(Oc1ccc2c(c1)OCO2)c1cnn(C)c1. The molecule has 0 bridgehead atoms. The third-order valence-corrected chi connectivity index (χ3v) is 3.52. The summed E-state index contributed by atoms with van der Waals surface area (Å²) in [6, 6.07) is 5.42. The summed E-state index contributed by atoms with van der Waals surface area (Å²) < 4.78 is 18.5. The molecule has 2 N–H and O–H groups in total. The topological polar surface area (TPSA) is 71.5 Å². The highest BCUT2D eigenvalue weighted by molar-refractivity contribution is 5.47. The van der Waals surface area contributed by atoms with Crippen LogP contribution >= 0.6 is 0 Å². The number of fused-ring (bicyclic) bond motifs is 1. The Morgan fingerprint density at radius 3 is 2.90 bits per heavy atom. The number of hydrogen-bond acceptors (Lipinski definition) is 5. The molecule has 2 unspecified atom stereocenters. The number of nitrogens with zero attached hydrogens (tertiary/aromatic N) is 2. The van der Waals surface area contributed by atoms with Crippen LogP contribution in [-0.4, -0.2) is 22.6 Å². The maximum Gasteiger partial charge on any atom is 0.231 e. The van der Waals surface area contributed by atoms with Gasteiger partial charge in [-0.05, 0) is 18.6 Å². The van der Waals surface area contributed by atoms with Crippen molar-refractivity contribution in [3.05, 3.63) is 36.2 Å². The molecule has 1 aromatic carbocycles. The van der Waals surface area contributed by atoms with Crippen LogP contribution in [0.4, 0.5) is 0 Å². The first-order valence-electron chi connectivity index (χ1n) is 6.98. The van der Waals surface area contributed by atoms with Crippen molar-refractivity contribution < 1.29 is 14.2 Å². The maximum atomic E-state index is 6.20. The number of aromatic nitrogens is 2. The average molecular weight is 289 g/mol. The molecule has 112 valence electrons. The molecule has 2 aromatic rings. The molecule has 0 spiro atoms. The second kappa shape index (κ2) is 5.65. The number of benzene rings is 1. The molecule has 1 aliphatic heterocycles. The highest BCUT2D eigenvalue weighted by atomic mass is 16.7. The average Bonchev–Trinajstić information content (AvgIpc) is 3.12. The van der Waals surface area contributed by atoms with Crippen LogP contribution in [0.1, 0.15) is 25.0 Å². The van der Waals surface area contributed by atoms with E-state index in [0.717, 1.165) is 17.7 Å². The van der Waals surface area contributed by atoms with E-state index in [1.807, 2.05) is 38.4 Å². The van der Waals surface area contributed by atoms with E-state index in [1.165, 1.54) is 0 Å². The molecule has 0 saturated heterocycles. The molecule has 1 aromatic heterocycles. The van der Waals surface area contributed by atoms with Crippen LogP contribution < -0.4 is 19.9 Å². The molecule has 2 heterocycles. The van der Waals surface area contributed by atoms with E-state index >= 15 is 0 Å². The van der Waals surface area contributed by atoms with E-state index in [-0.39, 0.29) is 18.9 Å². The molecular formula is C15H19N3O3. The summed E-state index contributed by atoms with van der Waals surface area (Å²) in [5.74, 6) is 2.14. The lowest BCUT2D eigenvalue weighted by Crippen LogP contribution is -2.31. The number of nitrogens with two attached hydrogens (primary N) is 1. The van der Waals surface area contributed by atoms with Crippen LogP contribution in [0.2, 0.25) is 0 Å². The van der Waals surface area contributed by atoms with Gasteiger partial charge in [0, 0.05) is 30.9 Å². The molecule has 6 nitrogen and oxygen atoms in total. The Hall–Kier alpha value is -2.21. The van der Waals surface area contributed by atoms with Crippen LogP contribution in [0.3, 0.4) is 0 Å². The van der Waals surface area contributed by atoms with Gasteiger partial charge in [0.15, 0.2) is 11.5 Å². The lowest BCUT2D eigenvalue weighted by Gasteiger charge is -2.23. The van der Waals surface area contributed by atoms with Crippen LogP contribution in [0.5, 0.6) is 17.2 Å². The van der Waals surface area contributed by atoms with Gasteiger partial charge in [-0.25, -0.2) is 0 Å². The lowest BCUT2D eigenvalue weighted by atomic mass is 10.0. The van der Waals surface area contributed by atoms with Gasteiger partial charge < -0.3 is 19.9 Å². The van der Waals surface area contributed by atoms with Gasteiger partial charge in [-0.15, -0.1) is 0 Å². The van der Waals surface area contributed by atoms with Gasteiger partial charge in [0.1, 0.15) is 11.9 Å². The molecule has 0 amide bonds. The van der Waals surface area contributed by atoms with E-state index in [4.69, 9.17) is 19.9 Å². The monoisotopic (exact) mass is 289 g/mol. The number of rotatable bonds is 5. The molecular weight excluding hydrogens is 270 g/mol. The molecule has 0 radical (unpaired) electrons. The summed E-state index contributed by atoms with van der Waals surface area (Å²) in [5.41, 5.74) is 7.16. The first-order chi connectivity index (χ1) is 10.2. The molecule has 1 aliphatic rings. The zero-order valence-electron chi connectivity index (χ0n) is 12.2. The summed E-state index contributed by atoms with van der Waals surface area (Å²) >= 11 is 0. The smallest absolute Gasteiger partial charge is 0.231 e. The molecule has 0 saturated carbocycles. The van der Waals surface area contributed by atoms with Crippen molar-refractivity contribution in [3.63, 3.8) is 0 Å². The predicted octanol–water partition coefficient (Wildman–Crippen LogP) is 2.01. The van der Waals surface area contributed by atoms with E-state index < -0.39 is 0 Å². The highest BCUT2D eigenvalue weighted by Crippen LogP contribution is 2.36. The predicted molar refractivity (Wildman–Crippen MR) is 77.4 cm³/mol. The Kier molecular flexibility index (Phi) is 3.70. The fourth-order valence-electron chi connectivity index (χ4n) is 2.30. The van der Waals surface area contributed by atoms with Gasteiger partial charge in [-0.3, -0.25) is 4.68 Å². The third kappa shape index (κ3) is 2.80. The zero-order valence-corrected chi connectivity index (χ0v) is 12.2. The first kappa shape index (κ1) is 13.8. The molecule has 6 heteroatoms. The summed E-state index contributed by atoms with van der Waals surface area (Å²) in [6.07, 6.45) is 4.27. The molecule has 2 atom stereocenters. The number of aryl methyl sites for hydroxylation is 1. The van der Waals surface area contributed by atoms with E-state index in [9.17, 15) is 0 Å². The molecule has 21 heavy (non-hydrogen) atoms. The van der Waals surface area contributed by atoms with Crippen molar-refractivity contribution in [1.29, 1.82) is 0 Å². The number of hydrogen-bond donors (Lipinski definition) is 1. The number of ether oxygens (including phenoxy) is 3. The summed E-state index contributed by atoms with van der Waals surface area (Å²) in [4.78, 5) is 0. The lowest BCUT2D eigenvalue weighted by molar-refractivity contribution is 0.167. The van der Waals surface area contributed by atoms with Gasteiger partial charge in [0.25, 0.3) is 0 Å². The minimum Gasteiger partial charge on any atom is -0.484 e. The Morgan fingerprint density at radius 1 is 1.38 bits per heavy atom. The van der Waals surface area contributed by atoms with Gasteiger partial charge in [0.05, 0.1) is 6.20 Å². The van der Waals surface area contributed by atoms with Crippen molar-refractivity contribution in [2.45, 2.75) is 25.5 Å². The van der Waals surface area contributed by atoms with Crippen molar-refractivity contribution in [3.8, 4) is 17.2 Å². The minimum absolute atomic E-state index is 0.111. The largest absolute Gasteiger partial charge is 0.484 e. The van der Waals surface area contributed by atoms with Crippen molar-refractivity contribution >= 4 is 0 Å². The van der Waals surface area contributed by atoms with Gasteiger partial charge in [-0.2, -0.15) is 5.10 Å². The third-order valence-electron chi connectivity index (χ3n) is 3.52. The quantitative estimate of drug-likeness (QED) is 0.911. The standard InChI is InChI=1S/C15H19N3O3/c1-3-12(16)15(10-7-17-18(2)8-10)21-11-4-5-13-14(6-11)20-9-19-13/h4-8,12,15H,3,9,16H2,1-2H3. The summed E-state index contributed by atoms with van der Waals surface area (Å²) in [7, 11) is 1.87. The van der Waals surface area contributed by atoms with Gasteiger partial charge in [-0.1, -0.05) is 6.92 Å². The summed E-state index contributed by atoms with van der Waals surface area (Å²) in [6.45, 7) is 2.29. The Balaban J connectivity index is 1.84. The minimum atomic E-state index is -0.246. The van der Waals surface area contributed by atoms with Crippen molar-refractivity contribution in [2.75, 3.05) is 6.79 Å². The van der Waals surface area contributed by atoms with Crippen LogP contribution in [0.25, 0.3) is 0 Å². The van der Waals surface area contributed by atoms with Crippen LogP contribution in [0.15, 0.2) is 30.6 Å². The molecule has 3 rings (SSSR count). The Bertz CT molecular complexity index is 626. The van der Waals surface area contributed by atoms with E-state index in [2.05, 4.69) is 5.10 Å². The van der Waals surface area contributed by atoms with E-state index in [0.29, 0.717) is 11.5 Å². The second-order valence-electron chi connectivity index (χ2n) is 5.07. The van der Waals surface area contributed by atoms with Crippen molar-refractivity contribution in [2.24, 2.45) is 12.8 Å². The van der Waals surface area contributed by atoms with Gasteiger partial charge >= 0.3 is 0 Å². The van der Waals surface area contributed by atoms with Crippen LogP contribution in [-0.2, 0) is 7.05 Å². The molecule has 0 fully saturated rings. The summed E-state index contributed by atoms with van der Waals surface area (Å²) in [5, 5.41) is 4.19. The fraction of sp³-hybridized carbons (Fsp3) is 0.400. The normalized spacial score (nSPS) is 15.8. The molecule has 0 aliphatic carbocycles. The fourth-order valence-corrected chi connectivity index (χ4v) is 2.30. The Morgan fingerprint density at radius 2 is 2.19 bits per heavy atom. The maximum absolute atomic E-state index is 6.20. The van der Waals surface area contributed by atoms with Gasteiger partial charge in [0.2, 0.25) is 6.79 Å². The Labute approximate surface area is 123 Å². The van der Waals surface area contributed by atoms with Crippen molar-refractivity contribution in [1.82, 2.24) is 9.78 Å². The van der Waals surface area contributed by atoms with Crippen LogP contribution in [0, 0.1) is 0 Å². The highest BCUT2D eigenvalue weighted by Gasteiger charge is 2.23. The zero-order chi connectivity index (χ0) is 14.8. The second-order valence-corrected chi connectivity index (χ2v) is 5.07. The van der Waals surface area contributed by atoms with E-state index in [1.54, 1.807) is 10.9 Å². The first-order valence-corrected chi connectivity index (χ1v) is 6.98.